The first-order valence-electron chi connectivity index (χ1n) is 6.35. The standard InChI is InChI=1S/2C6H8O6.Ba/c2*7-1-2(8)5-3(9)4(10)6(11)12-5;/h2*2,5,7-10H,1H2;/q;;+2/p-2/t2*2-,5+;/m00./s1. The third kappa shape index (κ3) is 5.50. The van der Waals surface area contributed by atoms with Crippen LogP contribution in [-0.4, -0.2) is 129 Å². The molecular formula is C12H14BaO12. The second-order valence-corrected chi connectivity index (χ2v) is 4.58. The van der Waals surface area contributed by atoms with E-state index in [1.807, 2.05) is 0 Å². The van der Waals surface area contributed by atoms with Gasteiger partial charge in [-0.25, -0.2) is 9.59 Å². The predicted molar refractivity (Wildman–Crippen MR) is 71.0 cm³/mol. The molecule has 0 unspecified atom stereocenters. The molecule has 0 spiro atoms. The Hall–Kier alpha value is -0.969. The van der Waals surface area contributed by atoms with Gasteiger partial charge < -0.3 is 50.3 Å². The molecule has 0 aromatic rings. The molecule has 12 nitrogen and oxygen atoms in total. The van der Waals surface area contributed by atoms with Crippen LogP contribution >= 0.6 is 0 Å². The molecule has 2 aliphatic rings. The molecule has 6 N–H and O–H groups in total. The minimum absolute atomic E-state index is 0. The van der Waals surface area contributed by atoms with Gasteiger partial charge in [0.1, 0.15) is 24.4 Å². The van der Waals surface area contributed by atoms with Crippen LogP contribution in [-0.2, 0) is 19.1 Å². The first-order valence-corrected chi connectivity index (χ1v) is 6.35. The van der Waals surface area contributed by atoms with Crippen LogP contribution in [0.4, 0.5) is 0 Å². The Balaban J connectivity index is 0.000000443. The molecule has 0 bridgehead atoms. The Labute approximate surface area is 180 Å². The van der Waals surface area contributed by atoms with Crippen molar-refractivity contribution in [2.24, 2.45) is 0 Å². The number of carbonyl (C=O) groups excluding carboxylic acids is 2. The van der Waals surface area contributed by atoms with Gasteiger partial charge in [-0.05, 0) is 11.5 Å². The van der Waals surface area contributed by atoms with E-state index in [2.05, 4.69) is 9.47 Å². The number of aliphatic hydroxyl groups excluding tert-OH is 6. The molecule has 0 amide bonds. The molecule has 4 atom stereocenters. The van der Waals surface area contributed by atoms with Crippen LogP contribution in [0.5, 0.6) is 0 Å². The van der Waals surface area contributed by atoms with Crippen molar-refractivity contribution < 1.29 is 59.9 Å². The fraction of sp³-hybridized carbons (Fsp3) is 0.500. The minimum Gasteiger partial charge on any atom is -0.870 e. The summed E-state index contributed by atoms with van der Waals surface area (Å²) in [5.74, 6) is -6.40. The number of aliphatic hydroxyl groups is 6. The maximum Gasteiger partial charge on any atom is 2.00 e. The van der Waals surface area contributed by atoms with Crippen molar-refractivity contribution in [3.63, 3.8) is 0 Å². The molecule has 0 saturated heterocycles. The SMILES string of the molecule is O=C1O[C@H]([C@@H](O)CO)C([O-])=C1O.O=C1O[C@H]([C@@H](O)CO)C([O-])=C1O.[Ba+2]. The van der Waals surface area contributed by atoms with Crippen molar-refractivity contribution in [3.05, 3.63) is 23.0 Å². The van der Waals surface area contributed by atoms with Crippen LogP contribution in [0.3, 0.4) is 0 Å². The molecule has 0 aromatic carbocycles. The predicted octanol–water partition coefficient (Wildman–Crippen LogP) is -5.59. The van der Waals surface area contributed by atoms with E-state index in [1.54, 1.807) is 0 Å². The summed E-state index contributed by atoms with van der Waals surface area (Å²) in [6, 6.07) is 0. The largest absolute Gasteiger partial charge is 2.00 e. The van der Waals surface area contributed by atoms with E-state index in [0.717, 1.165) is 0 Å². The zero-order chi connectivity index (χ0) is 18.6. The van der Waals surface area contributed by atoms with E-state index in [4.69, 9.17) is 30.6 Å². The topological polar surface area (TPSA) is 220 Å². The van der Waals surface area contributed by atoms with Gasteiger partial charge in [0.2, 0.25) is 0 Å². The molecule has 25 heavy (non-hydrogen) atoms. The summed E-state index contributed by atoms with van der Waals surface area (Å²) >= 11 is 0. The molecule has 0 radical (unpaired) electrons. The van der Waals surface area contributed by atoms with Crippen LogP contribution in [0.15, 0.2) is 23.0 Å². The van der Waals surface area contributed by atoms with Crippen molar-refractivity contribution in [1.82, 2.24) is 0 Å². The van der Waals surface area contributed by atoms with Gasteiger partial charge >= 0.3 is 60.8 Å². The number of hydrogen-bond acceptors (Lipinski definition) is 12. The second kappa shape index (κ2) is 10.2. The number of rotatable bonds is 4. The van der Waals surface area contributed by atoms with E-state index in [9.17, 15) is 19.8 Å². The first kappa shape index (κ1) is 24.0. The van der Waals surface area contributed by atoms with Gasteiger partial charge in [0.15, 0.2) is 11.5 Å². The minimum atomic E-state index is -1.48. The number of carbonyl (C=O) groups is 2. The van der Waals surface area contributed by atoms with E-state index in [0.29, 0.717) is 0 Å². The monoisotopic (exact) mass is 488 g/mol. The van der Waals surface area contributed by atoms with Crippen molar-refractivity contribution in [3.8, 4) is 0 Å². The Kier molecular flexibility index (Phi) is 9.85. The Bertz CT molecular complexity index is 520. The van der Waals surface area contributed by atoms with Gasteiger partial charge in [0.25, 0.3) is 0 Å². The quantitative estimate of drug-likeness (QED) is 0.161. The summed E-state index contributed by atoms with van der Waals surface area (Å²) in [6.45, 7) is -1.42. The number of hydrogen-bond donors (Lipinski definition) is 6. The molecule has 0 aromatic heterocycles. The Morgan fingerprint density at radius 2 is 1.12 bits per heavy atom. The Morgan fingerprint density at radius 1 is 0.840 bits per heavy atom. The maximum absolute atomic E-state index is 10.8. The van der Waals surface area contributed by atoms with Gasteiger partial charge in [-0.2, -0.15) is 0 Å². The number of cyclic esters (lactones) is 2. The normalized spacial score (nSPS) is 24.8. The van der Waals surface area contributed by atoms with Crippen molar-refractivity contribution in [1.29, 1.82) is 0 Å². The average Bonchev–Trinajstić information content (AvgIpc) is 2.98. The summed E-state index contributed by atoms with van der Waals surface area (Å²) < 4.78 is 8.51. The van der Waals surface area contributed by atoms with E-state index < -0.39 is 72.6 Å². The summed E-state index contributed by atoms with van der Waals surface area (Å²) in [5.41, 5.74) is 0. The summed E-state index contributed by atoms with van der Waals surface area (Å²) in [5, 5.41) is 73.6. The van der Waals surface area contributed by atoms with Gasteiger partial charge in [0.05, 0.1) is 13.2 Å². The molecule has 0 fully saturated rings. The zero-order valence-electron chi connectivity index (χ0n) is 12.6. The van der Waals surface area contributed by atoms with Crippen molar-refractivity contribution in [2.75, 3.05) is 13.2 Å². The molecular weight excluding hydrogens is 473 g/mol. The average molecular weight is 488 g/mol. The molecule has 2 heterocycles. The third-order valence-corrected chi connectivity index (χ3v) is 2.91. The van der Waals surface area contributed by atoms with Crippen LogP contribution in [0, 0.1) is 0 Å². The summed E-state index contributed by atoms with van der Waals surface area (Å²) in [7, 11) is 0. The summed E-state index contributed by atoms with van der Waals surface area (Å²) in [4.78, 5) is 21.0. The maximum atomic E-state index is 10.8. The van der Waals surface area contributed by atoms with Crippen molar-refractivity contribution in [2.45, 2.75) is 24.4 Å². The van der Waals surface area contributed by atoms with Gasteiger partial charge in [0, 0.05) is 0 Å². The number of esters is 2. The van der Waals surface area contributed by atoms with Gasteiger partial charge in [-0.15, -0.1) is 0 Å². The van der Waals surface area contributed by atoms with Gasteiger partial charge in [-0.1, -0.05) is 0 Å². The molecule has 136 valence electrons. The second-order valence-electron chi connectivity index (χ2n) is 4.58. The molecule has 2 aliphatic heterocycles. The van der Waals surface area contributed by atoms with E-state index in [1.165, 1.54) is 0 Å². The fourth-order valence-corrected chi connectivity index (χ4v) is 1.62. The van der Waals surface area contributed by atoms with Crippen LogP contribution < -0.4 is 10.2 Å². The van der Waals surface area contributed by atoms with Crippen molar-refractivity contribution >= 4 is 60.8 Å². The molecule has 13 heteroatoms. The smallest absolute Gasteiger partial charge is 0.870 e. The molecule has 0 aliphatic carbocycles. The van der Waals surface area contributed by atoms with Crippen LogP contribution in [0.25, 0.3) is 0 Å². The molecule has 0 saturated carbocycles. The fourth-order valence-electron chi connectivity index (χ4n) is 1.62. The van der Waals surface area contributed by atoms with E-state index >= 15 is 0 Å². The van der Waals surface area contributed by atoms with Crippen LogP contribution in [0.2, 0.25) is 0 Å². The van der Waals surface area contributed by atoms with Gasteiger partial charge in [-0.3, -0.25) is 0 Å². The zero-order valence-corrected chi connectivity index (χ0v) is 17.0. The van der Waals surface area contributed by atoms with Crippen LogP contribution in [0.1, 0.15) is 0 Å². The first-order chi connectivity index (χ1) is 11.1. The molecule has 2 rings (SSSR count). The van der Waals surface area contributed by atoms with E-state index in [-0.39, 0.29) is 48.9 Å². The Morgan fingerprint density at radius 3 is 1.28 bits per heavy atom. The number of ether oxygens (including phenoxy) is 2. The summed E-state index contributed by atoms with van der Waals surface area (Å²) in [6.07, 6.45) is -5.90. The third-order valence-electron chi connectivity index (χ3n) is 2.91.